The lowest BCUT2D eigenvalue weighted by molar-refractivity contribution is 0.171. The maximum absolute atomic E-state index is 5.70. The Hall–Kier alpha value is -2.27. The first kappa shape index (κ1) is 17.5. The molecule has 1 atom stereocenters. The van der Waals surface area contributed by atoms with Crippen LogP contribution in [0.2, 0.25) is 0 Å². The van der Waals surface area contributed by atoms with Crippen molar-refractivity contribution in [3.63, 3.8) is 0 Å². The highest BCUT2D eigenvalue weighted by molar-refractivity contribution is 5.44. The van der Waals surface area contributed by atoms with Gasteiger partial charge in [-0.05, 0) is 42.7 Å². The Bertz CT molecular complexity index is 688. The molecule has 3 rings (SSSR count). The number of hydrogen-bond acceptors (Lipinski definition) is 5. The van der Waals surface area contributed by atoms with Crippen LogP contribution >= 0.6 is 0 Å². The molecule has 0 saturated carbocycles. The smallest absolute Gasteiger partial charge is 0.161 e. The van der Waals surface area contributed by atoms with Gasteiger partial charge >= 0.3 is 0 Å². The number of nitrogens with zero attached hydrogens (tertiary/aromatic N) is 2. The molecule has 0 radical (unpaired) electrons. The van der Waals surface area contributed by atoms with Crippen LogP contribution in [0.5, 0.6) is 11.5 Å². The number of ether oxygens (including phenoxy) is 2. The zero-order valence-corrected chi connectivity index (χ0v) is 15.3. The van der Waals surface area contributed by atoms with Gasteiger partial charge in [-0.15, -0.1) is 0 Å². The van der Waals surface area contributed by atoms with Crippen molar-refractivity contribution in [2.45, 2.75) is 32.9 Å². The minimum absolute atomic E-state index is 0.272. The Balaban J connectivity index is 1.64. The molecule has 5 nitrogen and oxygen atoms in total. The van der Waals surface area contributed by atoms with Gasteiger partial charge in [-0.25, -0.2) is 4.98 Å². The molecule has 0 amide bonds. The summed E-state index contributed by atoms with van der Waals surface area (Å²) < 4.78 is 11.3. The maximum Gasteiger partial charge on any atom is 0.161 e. The molecule has 134 valence electrons. The van der Waals surface area contributed by atoms with E-state index in [0.717, 1.165) is 36.8 Å². The Morgan fingerprint density at radius 2 is 1.92 bits per heavy atom. The van der Waals surface area contributed by atoms with E-state index in [0.29, 0.717) is 13.2 Å². The summed E-state index contributed by atoms with van der Waals surface area (Å²) in [6.07, 6.45) is 2.95. The Morgan fingerprint density at radius 1 is 1.12 bits per heavy atom. The third kappa shape index (κ3) is 4.23. The number of rotatable bonds is 7. The SMILES string of the molecule is CC[C@@H](NCc1ccc(N(C)CC)nc1)c1ccc2c(c1)OCCO2. The molecule has 0 aliphatic carbocycles. The maximum atomic E-state index is 5.70. The van der Waals surface area contributed by atoms with Gasteiger partial charge < -0.3 is 19.7 Å². The normalized spacial score (nSPS) is 14.2. The minimum atomic E-state index is 0.272. The van der Waals surface area contributed by atoms with Crippen molar-refractivity contribution in [2.75, 3.05) is 31.7 Å². The number of pyridine rings is 1. The molecule has 1 aliphatic rings. The molecular weight excluding hydrogens is 314 g/mol. The lowest BCUT2D eigenvalue weighted by Gasteiger charge is -2.22. The number of benzene rings is 1. The monoisotopic (exact) mass is 341 g/mol. The largest absolute Gasteiger partial charge is 0.486 e. The molecule has 0 saturated heterocycles. The molecule has 1 aromatic heterocycles. The Morgan fingerprint density at radius 3 is 2.60 bits per heavy atom. The zero-order chi connectivity index (χ0) is 17.6. The first-order valence-electron chi connectivity index (χ1n) is 9.00. The van der Waals surface area contributed by atoms with Crippen molar-refractivity contribution in [3.05, 3.63) is 47.7 Å². The number of anilines is 1. The van der Waals surface area contributed by atoms with Gasteiger partial charge in [0.15, 0.2) is 11.5 Å². The molecule has 1 aliphatic heterocycles. The van der Waals surface area contributed by atoms with Gasteiger partial charge in [0.05, 0.1) is 0 Å². The van der Waals surface area contributed by atoms with Gasteiger partial charge in [0.2, 0.25) is 0 Å². The molecule has 0 fully saturated rings. The van der Waals surface area contributed by atoms with Crippen molar-refractivity contribution < 1.29 is 9.47 Å². The average Bonchev–Trinajstić information content (AvgIpc) is 2.68. The van der Waals surface area contributed by atoms with Crippen LogP contribution in [-0.4, -0.2) is 31.8 Å². The lowest BCUT2D eigenvalue weighted by Crippen LogP contribution is -2.22. The second kappa shape index (κ2) is 8.21. The summed E-state index contributed by atoms with van der Waals surface area (Å²) in [5.41, 5.74) is 2.41. The van der Waals surface area contributed by atoms with Crippen molar-refractivity contribution in [1.29, 1.82) is 0 Å². The quantitative estimate of drug-likeness (QED) is 0.834. The molecule has 0 unspecified atom stereocenters. The standard InChI is InChI=1S/C20H27N3O2/c1-4-17(16-7-8-18-19(12-16)25-11-10-24-18)21-13-15-6-9-20(22-14-15)23(3)5-2/h6-9,12,14,17,21H,4-5,10-11,13H2,1-3H3/t17-/m1/s1. The molecule has 1 N–H and O–H groups in total. The van der Waals surface area contributed by atoms with E-state index in [1.54, 1.807) is 0 Å². The van der Waals surface area contributed by atoms with Crippen LogP contribution < -0.4 is 19.7 Å². The first-order chi connectivity index (χ1) is 12.2. The fourth-order valence-electron chi connectivity index (χ4n) is 2.92. The van der Waals surface area contributed by atoms with E-state index in [1.807, 2.05) is 12.3 Å². The summed E-state index contributed by atoms with van der Waals surface area (Å²) in [6, 6.07) is 10.7. The van der Waals surface area contributed by atoms with E-state index < -0.39 is 0 Å². The highest BCUT2D eigenvalue weighted by Crippen LogP contribution is 2.33. The van der Waals surface area contributed by atoms with Crippen molar-refractivity contribution >= 4 is 5.82 Å². The van der Waals surface area contributed by atoms with Gasteiger partial charge in [0.1, 0.15) is 19.0 Å². The van der Waals surface area contributed by atoms with Gasteiger partial charge in [0.25, 0.3) is 0 Å². The Kier molecular flexibility index (Phi) is 5.76. The van der Waals surface area contributed by atoms with Gasteiger partial charge in [-0.3, -0.25) is 0 Å². The van der Waals surface area contributed by atoms with Crippen LogP contribution in [0.25, 0.3) is 0 Å². The fourth-order valence-corrected chi connectivity index (χ4v) is 2.92. The number of hydrogen-bond donors (Lipinski definition) is 1. The van der Waals surface area contributed by atoms with Crippen LogP contribution in [0.1, 0.15) is 37.4 Å². The molecule has 2 aromatic rings. The molecule has 1 aromatic carbocycles. The van der Waals surface area contributed by atoms with E-state index in [2.05, 4.69) is 60.4 Å². The van der Waals surface area contributed by atoms with E-state index in [4.69, 9.17) is 9.47 Å². The van der Waals surface area contributed by atoms with Crippen LogP contribution in [0.3, 0.4) is 0 Å². The summed E-state index contributed by atoms with van der Waals surface area (Å²) in [6.45, 7) is 7.29. The number of nitrogens with one attached hydrogen (secondary N) is 1. The van der Waals surface area contributed by atoms with Gasteiger partial charge in [0, 0.05) is 32.4 Å². The van der Waals surface area contributed by atoms with Crippen LogP contribution in [0.4, 0.5) is 5.82 Å². The summed E-state index contributed by atoms with van der Waals surface area (Å²) in [5.74, 6) is 2.69. The fraction of sp³-hybridized carbons (Fsp3) is 0.450. The summed E-state index contributed by atoms with van der Waals surface area (Å²) >= 11 is 0. The molecule has 5 heteroatoms. The van der Waals surface area contributed by atoms with E-state index in [-0.39, 0.29) is 6.04 Å². The lowest BCUT2D eigenvalue weighted by atomic mass is 10.0. The predicted molar refractivity (Wildman–Crippen MR) is 100 cm³/mol. The third-order valence-electron chi connectivity index (χ3n) is 4.60. The average molecular weight is 341 g/mol. The first-order valence-corrected chi connectivity index (χ1v) is 9.00. The second-order valence-electron chi connectivity index (χ2n) is 6.28. The summed E-state index contributed by atoms with van der Waals surface area (Å²) in [7, 11) is 2.05. The summed E-state index contributed by atoms with van der Waals surface area (Å²) in [5, 5.41) is 3.62. The van der Waals surface area contributed by atoms with Crippen LogP contribution in [-0.2, 0) is 6.54 Å². The highest BCUT2D eigenvalue weighted by Gasteiger charge is 2.16. The van der Waals surface area contributed by atoms with Crippen molar-refractivity contribution in [2.24, 2.45) is 0 Å². The second-order valence-corrected chi connectivity index (χ2v) is 6.28. The van der Waals surface area contributed by atoms with Crippen LogP contribution in [0.15, 0.2) is 36.5 Å². The molecule has 0 spiro atoms. The Labute approximate surface area is 150 Å². The van der Waals surface area contributed by atoms with E-state index in [9.17, 15) is 0 Å². The van der Waals surface area contributed by atoms with Crippen molar-refractivity contribution in [3.8, 4) is 11.5 Å². The van der Waals surface area contributed by atoms with Crippen LogP contribution in [0, 0.1) is 0 Å². The van der Waals surface area contributed by atoms with E-state index in [1.165, 1.54) is 11.1 Å². The molecule has 0 bridgehead atoms. The van der Waals surface area contributed by atoms with E-state index >= 15 is 0 Å². The molecule has 25 heavy (non-hydrogen) atoms. The van der Waals surface area contributed by atoms with Gasteiger partial charge in [-0.2, -0.15) is 0 Å². The zero-order valence-electron chi connectivity index (χ0n) is 15.3. The predicted octanol–water partition coefficient (Wildman–Crippen LogP) is 3.55. The third-order valence-corrected chi connectivity index (χ3v) is 4.60. The topological polar surface area (TPSA) is 46.6 Å². The molecule has 2 heterocycles. The highest BCUT2D eigenvalue weighted by atomic mass is 16.6. The van der Waals surface area contributed by atoms with Crippen molar-refractivity contribution in [1.82, 2.24) is 10.3 Å². The summed E-state index contributed by atoms with van der Waals surface area (Å²) in [4.78, 5) is 6.66. The number of aromatic nitrogens is 1. The minimum Gasteiger partial charge on any atom is -0.486 e. The van der Waals surface area contributed by atoms with Gasteiger partial charge in [-0.1, -0.05) is 19.1 Å². The number of fused-ring (bicyclic) bond motifs is 1. The molecular formula is C20H27N3O2.